The van der Waals surface area contributed by atoms with E-state index in [0.29, 0.717) is 40.0 Å². The van der Waals surface area contributed by atoms with Gasteiger partial charge >= 0.3 is 5.97 Å². The summed E-state index contributed by atoms with van der Waals surface area (Å²) in [6.45, 7) is 7.10. The molecule has 0 saturated carbocycles. The number of hydrogen-bond acceptors (Lipinski definition) is 8. The van der Waals surface area contributed by atoms with Crippen molar-refractivity contribution in [3.8, 4) is 17.1 Å². The molecule has 0 spiro atoms. The minimum absolute atomic E-state index is 0.146. The quantitative estimate of drug-likeness (QED) is 0.300. The largest absolute Gasteiger partial charge is 0.493 e. The first-order valence-corrected chi connectivity index (χ1v) is 13.8. The van der Waals surface area contributed by atoms with E-state index in [-0.39, 0.29) is 11.7 Å². The third kappa shape index (κ3) is 5.92. The number of anilines is 1. The van der Waals surface area contributed by atoms with Crippen molar-refractivity contribution in [3.63, 3.8) is 0 Å². The third-order valence-corrected chi connectivity index (χ3v) is 8.21. The van der Waals surface area contributed by atoms with Crippen molar-refractivity contribution in [1.82, 2.24) is 14.8 Å². The number of fused-ring (bicyclic) bond motifs is 1. The van der Waals surface area contributed by atoms with Crippen LogP contribution in [0.3, 0.4) is 0 Å². The summed E-state index contributed by atoms with van der Waals surface area (Å²) in [5.74, 6) is 2.10. The van der Waals surface area contributed by atoms with Crippen LogP contribution in [0, 0.1) is 11.8 Å². The van der Waals surface area contributed by atoms with E-state index in [9.17, 15) is 9.59 Å². The van der Waals surface area contributed by atoms with Gasteiger partial charge in [-0.1, -0.05) is 32.5 Å². The number of hydrogen-bond donors (Lipinski definition) is 1. The second kappa shape index (κ2) is 11.5. The summed E-state index contributed by atoms with van der Waals surface area (Å²) < 4.78 is 12.6. The lowest BCUT2D eigenvalue weighted by molar-refractivity contribution is -0.113. The number of carbonyl (C=O) groups excluding carboxylic acids is 2. The molecule has 1 unspecified atom stereocenters. The second-order valence-electron chi connectivity index (χ2n) is 9.48. The first-order chi connectivity index (χ1) is 17.3. The van der Waals surface area contributed by atoms with Crippen molar-refractivity contribution in [2.45, 2.75) is 45.2 Å². The van der Waals surface area contributed by atoms with Crippen LogP contribution in [0.1, 0.15) is 48.0 Å². The summed E-state index contributed by atoms with van der Waals surface area (Å²) in [5.41, 5.74) is 2.44. The Kier molecular flexibility index (Phi) is 8.35. The lowest BCUT2D eigenvalue weighted by Crippen LogP contribution is -2.17. The normalized spacial score (nSPS) is 15.0. The van der Waals surface area contributed by atoms with E-state index in [1.54, 1.807) is 0 Å². The van der Waals surface area contributed by atoms with Gasteiger partial charge in [-0.05, 0) is 60.9 Å². The summed E-state index contributed by atoms with van der Waals surface area (Å²) in [4.78, 5) is 26.5. The van der Waals surface area contributed by atoms with Gasteiger partial charge in [0.05, 0.1) is 25.0 Å². The van der Waals surface area contributed by atoms with Gasteiger partial charge in [0.1, 0.15) is 10.8 Å². The van der Waals surface area contributed by atoms with Gasteiger partial charge < -0.3 is 19.4 Å². The van der Waals surface area contributed by atoms with Crippen LogP contribution in [0.4, 0.5) is 5.00 Å². The summed E-state index contributed by atoms with van der Waals surface area (Å²) in [7, 11) is 3.25. The van der Waals surface area contributed by atoms with Crippen molar-refractivity contribution in [2.75, 3.05) is 24.8 Å². The molecule has 4 rings (SSSR count). The molecular weight excluding hydrogens is 496 g/mol. The average Bonchev–Trinajstić information content (AvgIpc) is 3.40. The van der Waals surface area contributed by atoms with E-state index in [1.165, 1.54) is 30.2 Å². The highest BCUT2D eigenvalue weighted by Crippen LogP contribution is 2.40. The molecule has 3 aromatic rings. The van der Waals surface area contributed by atoms with Gasteiger partial charge in [0.15, 0.2) is 11.0 Å². The molecule has 1 atom stereocenters. The highest BCUT2D eigenvalue weighted by atomic mass is 32.2. The van der Waals surface area contributed by atoms with Gasteiger partial charge in [0, 0.05) is 17.5 Å². The molecule has 1 aromatic carbocycles. The lowest BCUT2D eigenvalue weighted by Gasteiger charge is -2.18. The number of methoxy groups -OCH3 is 1. The van der Waals surface area contributed by atoms with Crippen LogP contribution in [-0.2, 0) is 29.4 Å². The number of nitrogens with one attached hydrogen (secondary N) is 1. The number of amides is 1. The SMILES string of the molecule is COC(=O)c1c(NC(=O)CSc2nnc(-c3ccc(OCC(C)C)cc3)n2C)sc2c1CCC(C)C2. The van der Waals surface area contributed by atoms with Crippen molar-refractivity contribution in [3.05, 3.63) is 40.3 Å². The number of rotatable bonds is 9. The van der Waals surface area contributed by atoms with E-state index >= 15 is 0 Å². The van der Waals surface area contributed by atoms with Crippen molar-refractivity contribution in [2.24, 2.45) is 18.9 Å². The fraction of sp³-hybridized carbons (Fsp3) is 0.462. The molecule has 0 aliphatic heterocycles. The molecule has 1 N–H and O–H groups in total. The van der Waals surface area contributed by atoms with Gasteiger partial charge in [-0.15, -0.1) is 21.5 Å². The minimum atomic E-state index is -0.399. The minimum Gasteiger partial charge on any atom is -0.493 e. The first kappa shape index (κ1) is 26.2. The molecule has 10 heteroatoms. The van der Waals surface area contributed by atoms with Crippen LogP contribution in [0.15, 0.2) is 29.4 Å². The summed E-state index contributed by atoms with van der Waals surface area (Å²) in [6, 6.07) is 7.75. The van der Waals surface area contributed by atoms with Crippen LogP contribution in [0.2, 0.25) is 0 Å². The number of thiophene rings is 1. The Morgan fingerprint density at radius 1 is 1.25 bits per heavy atom. The zero-order valence-electron chi connectivity index (χ0n) is 21.3. The lowest BCUT2D eigenvalue weighted by atomic mass is 9.88. The number of benzene rings is 1. The maximum Gasteiger partial charge on any atom is 0.341 e. The van der Waals surface area contributed by atoms with Crippen LogP contribution < -0.4 is 10.1 Å². The fourth-order valence-corrected chi connectivity index (χ4v) is 6.23. The van der Waals surface area contributed by atoms with Gasteiger partial charge in [0.2, 0.25) is 5.91 Å². The molecule has 36 heavy (non-hydrogen) atoms. The zero-order valence-corrected chi connectivity index (χ0v) is 22.9. The van der Waals surface area contributed by atoms with Crippen molar-refractivity contribution < 1.29 is 19.1 Å². The topological polar surface area (TPSA) is 95.3 Å². The van der Waals surface area contributed by atoms with Gasteiger partial charge in [-0.2, -0.15) is 0 Å². The molecule has 0 radical (unpaired) electrons. The van der Waals surface area contributed by atoms with E-state index < -0.39 is 5.97 Å². The monoisotopic (exact) mass is 528 g/mol. The number of nitrogens with zero attached hydrogens (tertiary/aromatic N) is 3. The highest BCUT2D eigenvalue weighted by molar-refractivity contribution is 7.99. The van der Waals surface area contributed by atoms with Gasteiger partial charge in [-0.3, -0.25) is 4.79 Å². The molecule has 1 aliphatic carbocycles. The Hall–Kier alpha value is -2.85. The predicted molar refractivity (Wildman–Crippen MR) is 143 cm³/mol. The third-order valence-electron chi connectivity index (χ3n) is 6.02. The smallest absolute Gasteiger partial charge is 0.341 e. The standard InChI is InChI=1S/C26H32N4O4S2/c1-15(2)13-34-18-9-7-17(8-10-18)23-28-29-26(30(23)4)35-14-21(31)27-24-22(25(32)33-5)19-11-6-16(3)12-20(19)36-24/h7-10,15-16H,6,11-14H2,1-5H3,(H,27,31). The molecule has 1 aliphatic rings. The number of ether oxygens (including phenoxy) is 2. The summed E-state index contributed by atoms with van der Waals surface area (Å²) in [5, 5.41) is 12.7. The maximum absolute atomic E-state index is 12.8. The predicted octanol–water partition coefficient (Wildman–Crippen LogP) is 5.22. The zero-order chi connectivity index (χ0) is 25.8. The van der Waals surface area contributed by atoms with Crippen LogP contribution >= 0.6 is 23.1 Å². The second-order valence-corrected chi connectivity index (χ2v) is 11.5. The highest BCUT2D eigenvalue weighted by Gasteiger charge is 2.29. The molecule has 2 aromatic heterocycles. The number of thioether (sulfide) groups is 1. The molecule has 0 fully saturated rings. The maximum atomic E-state index is 12.8. The Bertz CT molecular complexity index is 1230. The number of carbonyl (C=O) groups is 2. The molecule has 0 saturated heterocycles. The number of esters is 1. The molecule has 0 bridgehead atoms. The summed E-state index contributed by atoms with van der Waals surface area (Å²) >= 11 is 2.79. The Morgan fingerprint density at radius 2 is 2.00 bits per heavy atom. The van der Waals surface area contributed by atoms with Crippen LogP contribution in [0.25, 0.3) is 11.4 Å². The summed E-state index contributed by atoms with van der Waals surface area (Å²) in [6.07, 6.45) is 2.77. The van der Waals surface area contributed by atoms with Crippen molar-refractivity contribution in [1.29, 1.82) is 0 Å². The average molecular weight is 529 g/mol. The van der Waals surface area contributed by atoms with Gasteiger partial charge in [0.25, 0.3) is 0 Å². The van der Waals surface area contributed by atoms with E-state index in [2.05, 4.69) is 36.3 Å². The van der Waals surface area contributed by atoms with E-state index in [0.717, 1.165) is 41.0 Å². The molecule has 1 amide bonds. The molecule has 8 nitrogen and oxygen atoms in total. The molecular formula is C26H32N4O4S2. The van der Waals surface area contributed by atoms with Gasteiger partial charge in [-0.25, -0.2) is 4.79 Å². The fourth-order valence-electron chi connectivity index (χ4n) is 4.10. The van der Waals surface area contributed by atoms with Crippen LogP contribution in [0.5, 0.6) is 5.75 Å². The van der Waals surface area contributed by atoms with E-state index in [4.69, 9.17) is 9.47 Å². The van der Waals surface area contributed by atoms with E-state index in [1.807, 2.05) is 35.9 Å². The molecule has 2 heterocycles. The Morgan fingerprint density at radius 3 is 2.69 bits per heavy atom. The Balaban J connectivity index is 1.41. The Labute approximate surface area is 219 Å². The first-order valence-electron chi connectivity index (χ1n) is 12.0. The molecule has 192 valence electrons. The van der Waals surface area contributed by atoms with Crippen LogP contribution in [-0.4, -0.2) is 46.1 Å². The van der Waals surface area contributed by atoms with Crippen molar-refractivity contribution >= 4 is 40.0 Å². The number of aromatic nitrogens is 3.